The molecular weight excluding hydrogens is 235 g/mol. The Balaban J connectivity index is 2.42. The summed E-state index contributed by atoms with van der Waals surface area (Å²) >= 11 is 0. The Labute approximate surface area is 105 Å². The minimum Gasteiger partial charge on any atom is -0.458 e. The molecule has 0 fully saturated rings. The second-order valence-electron chi connectivity index (χ2n) is 4.60. The lowest BCUT2D eigenvalue weighted by molar-refractivity contribution is -0.101. The van der Waals surface area contributed by atoms with E-state index in [0.29, 0.717) is 23.2 Å². The Hall–Kier alpha value is -1.39. The number of furan rings is 1. The predicted molar refractivity (Wildman–Crippen MR) is 66.8 cm³/mol. The fourth-order valence-corrected chi connectivity index (χ4v) is 1.92. The van der Waals surface area contributed by atoms with Gasteiger partial charge in [0.1, 0.15) is 23.3 Å². The number of aliphatic hydroxyl groups is 1. The third-order valence-corrected chi connectivity index (χ3v) is 3.51. The van der Waals surface area contributed by atoms with Gasteiger partial charge in [-0.1, -0.05) is 6.92 Å². The molecule has 1 heterocycles. The van der Waals surface area contributed by atoms with Crippen LogP contribution in [0.3, 0.4) is 0 Å². The molecule has 0 saturated heterocycles. The van der Waals surface area contributed by atoms with Crippen molar-refractivity contribution >= 4 is 11.0 Å². The first-order chi connectivity index (χ1) is 8.50. The van der Waals surface area contributed by atoms with Gasteiger partial charge < -0.3 is 14.3 Å². The average molecular weight is 252 g/mol. The molecule has 2 aromatic rings. The van der Waals surface area contributed by atoms with Crippen LogP contribution in [0.25, 0.3) is 11.0 Å². The Morgan fingerprint density at radius 1 is 1.44 bits per heavy atom. The maximum atomic E-state index is 13.1. The van der Waals surface area contributed by atoms with Crippen molar-refractivity contribution in [2.24, 2.45) is 0 Å². The minimum absolute atomic E-state index is 0.325. The van der Waals surface area contributed by atoms with Crippen molar-refractivity contribution in [3.05, 3.63) is 35.8 Å². The third-order valence-electron chi connectivity index (χ3n) is 3.51. The van der Waals surface area contributed by atoms with E-state index in [-0.39, 0.29) is 5.82 Å². The van der Waals surface area contributed by atoms with Gasteiger partial charge in [0.15, 0.2) is 0 Å². The number of methoxy groups -OCH3 is 1. The lowest BCUT2D eigenvalue weighted by Gasteiger charge is -2.30. The molecule has 0 amide bonds. The van der Waals surface area contributed by atoms with Crippen molar-refractivity contribution in [1.82, 2.24) is 0 Å². The number of ether oxygens (including phenoxy) is 1. The van der Waals surface area contributed by atoms with E-state index >= 15 is 0 Å². The molecule has 0 radical (unpaired) electrons. The summed E-state index contributed by atoms with van der Waals surface area (Å²) in [6.45, 7) is 3.74. The largest absolute Gasteiger partial charge is 0.458 e. The number of aliphatic hydroxyl groups excluding tert-OH is 1. The second-order valence-corrected chi connectivity index (χ2v) is 4.60. The van der Waals surface area contributed by atoms with Crippen LogP contribution in [-0.4, -0.2) is 17.8 Å². The summed E-state index contributed by atoms with van der Waals surface area (Å²) in [6.07, 6.45) is -0.251. The van der Waals surface area contributed by atoms with Crippen LogP contribution < -0.4 is 0 Å². The van der Waals surface area contributed by atoms with Crippen LogP contribution in [0.2, 0.25) is 0 Å². The molecule has 1 aromatic carbocycles. The smallest absolute Gasteiger partial charge is 0.140 e. The van der Waals surface area contributed by atoms with Crippen molar-refractivity contribution in [3.8, 4) is 0 Å². The molecule has 3 nitrogen and oxygen atoms in total. The summed E-state index contributed by atoms with van der Waals surface area (Å²) < 4.78 is 24.0. The predicted octanol–water partition coefficient (Wildman–Crippen LogP) is 3.42. The highest BCUT2D eigenvalue weighted by atomic mass is 19.1. The van der Waals surface area contributed by atoms with Gasteiger partial charge in [-0.05, 0) is 37.6 Å². The van der Waals surface area contributed by atoms with Crippen LogP contribution in [-0.2, 0) is 4.74 Å². The van der Waals surface area contributed by atoms with Crippen LogP contribution in [0.1, 0.15) is 32.1 Å². The van der Waals surface area contributed by atoms with Gasteiger partial charge in [0.2, 0.25) is 0 Å². The van der Waals surface area contributed by atoms with Gasteiger partial charge in [0.05, 0.1) is 5.60 Å². The quantitative estimate of drug-likeness (QED) is 0.906. The standard InChI is InChI=1S/C14H17FO3/c1-4-14(2,17-3)13(16)12-8-9-7-10(15)5-6-11(9)18-12/h5-8,13,16H,4H2,1-3H3. The van der Waals surface area contributed by atoms with Gasteiger partial charge in [-0.15, -0.1) is 0 Å². The Bertz CT molecular complexity index is 543. The molecule has 18 heavy (non-hydrogen) atoms. The molecule has 0 spiro atoms. The van der Waals surface area contributed by atoms with E-state index in [4.69, 9.17) is 9.15 Å². The van der Waals surface area contributed by atoms with E-state index in [1.165, 1.54) is 12.1 Å². The Morgan fingerprint density at radius 3 is 2.78 bits per heavy atom. The van der Waals surface area contributed by atoms with Crippen LogP contribution in [0.4, 0.5) is 4.39 Å². The molecule has 0 saturated carbocycles. The average Bonchev–Trinajstić information content (AvgIpc) is 2.79. The molecule has 2 atom stereocenters. The summed E-state index contributed by atoms with van der Waals surface area (Å²) in [4.78, 5) is 0. The first-order valence-corrected chi connectivity index (χ1v) is 5.92. The van der Waals surface area contributed by atoms with Gasteiger partial charge in [0, 0.05) is 12.5 Å². The highest BCUT2D eigenvalue weighted by Crippen LogP contribution is 2.34. The van der Waals surface area contributed by atoms with E-state index in [9.17, 15) is 9.50 Å². The molecule has 1 aromatic heterocycles. The van der Waals surface area contributed by atoms with Gasteiger partial charge in [-0.2, -0.15) is 0 Å². The van der Waals surface area contributed by atoms with Crippen molar-refractivity contribution in [1.29, 1.82) is 0 Å². The van der Waals surface area contributed by atoms with E-state index in [1.807, 2.05) is 13.8 Å². The van der Waals surface area contributed by atoms with E-state index in [0.717, 1.165) is 0 Å². The van der Waals surface area contributed by atoms with Crippen LogP contribution in [0, 0.1) is 5.82 Å². The second kappa shape index (κ2) is 4.71. The summed E-state index contributed by atoms with van der Waals surface area (Å²) in [5.41, 5.74) is -0.160. The SMILES string of the molecule is CCC(C)(OC)C(O)c1cc2cc(F)ccc2o1. The van der Waals surface area contributed by atoms with Crippen molar-refractivity contribution in [3.63, 3.8) is 0 Å². The highest BCUT2D eigenvalue weighted by molar-refractivity contribution is 5.78. The molecule has 0 aliphatic carbocycles. The maximum absolute atomic E-state index is 13.1. The van der Waals surface area contributed by atoms with E-state index in [1.54, 1.807) is 19.2 Å². The van der Waals surface area contributed by atoms with Gasteiger partial charge in [-0.3, -0.25) is 0 Å². The van der Waals surface area contributed by atoms with Crippen LogP contribution in [0.15, 0.2) is 28.7 Å². The first-order valence-electron chi connectivity index (χ1n) is 5.92. The van der Waals surface area contributed by atoms with Crippen molar-refractivity contribution in [2.75, 3.05) is 7.11 Å². The monoisotopic (exact) mass is 252 g/mol. The Morgan fingerprint density at radius 2 is 2.17 bits per heavy atom. The lowest BCUT2D eigenvalue weighted by Crippen LogP contribution is -2.34. The van der Waals surface area contributed by atoms with Gasteiger partial charge in [-0.25, -0.2) is 4.39 Å². The number of hydrogen-bond acceptors (Lipinski definition) is 3. The summed E-state index contributed by atoms with van der Waals surface area (Å²) in [5.74, 6) is 0.0659. The zero-order valence-electron chi connectivity index (χ0n) is 10.7. The molecule has 98 valence electrons. The minimum atomic E-state index is -0.886. The molecule has 4 heteroatoms. The molecule has 1 N–H and O–H groups in total. The van der Waals surface area contributed by atoms with Gasteiger partial charge in [0.25, 0.3) is 0 Å². The lowest BCUT2D eigenvalue weighted by atomic mass is 9.94. The highest BCUT2D eigenvalue weighted by Gasteiger charge is 2.34. The zero-order chi connectivity index (χ0) is 13.3. The van der Waals surface area contributed by atoms with Crippen LogP contribution in [0.5, 0.6) is 0 Å². The summed E-state index contributed by atoms with van der Waals surface area (Å²) in [7, 11) is 1.55. The van der Waals surface area contributed by atoms with Crippen molar-refractivity contribution in [2.45, 2.75) is 32.0 Å². The topological polar surface area (TPSA) is 42.6 Å². The molecule has 0 aliphatic rings. The normalized spacial score (nSPS) is 16.7. The Kier molecular flexibility index (Phi) is 3.41. The number of fused-ring (bicyclic) bond motifs is 1. The van der Waals surface area contributed by atoms with Crippen LogP contribution >= 0.6 is 0 Å². The summed E-state index contributed by atoms with van der Waals surface area (Å²) in [6, 6.07) is 5.91. The third kappa shape index (κ3) is 2.13. The fourth-order valence-electron chi connectivity index (χ4n) is 1.92. The number of rotatable bonds is 4. The first kappa shape index (κ1) is 13.1. The van der Waals surface area contributed by atoms with E-state index < -0.39 is 11.7 Å². The molecule has 0 bridgehead atoms. The maximum Gasteiger partial charge on any atom is 0.140 e. The van der Waals surface area contributed by atoms with E-state index in [2.05, 4.69) is 0 Å². The fraction of sp³-hybridized carbons (Fsp3) is 0.429. The van der Waals surface area contributed by atoms with Crippen molar-refractivity contribution < 1.29 is 18.7 Å². The molecule has 2 rings (SSSR count). The molecular formula is C14H17FO3. The number of hydrogen-bond donors (Lipinski definition) is 1. The molecule has 0 aliphatic heterocycles. The number of halogens is 1. The zero-order valence-corrected chi connectivity index (χ0v) is 10.7. The summed E-state index contributed by atoms with van der Waals surface area (Å²) in [5, 5.41) is 10.9. The van der Waals surface area contributed by atoms with Gasteiger partial charge >= 0.3 is 0 Å². The molecule has 2 unspecified atom stereocenters. The number of benzene rings is 1.